The molecule has 0 spiro atoms. The summed E-state index contributed by atoms with van der Waals surface area (Å²) in [6, 6.07) is 16.0. The fourth-order valence-corrected chi connectivity index (χ4v) is 3.88. The van der Waals surface area contributed by atoms with E-state index in [0.717, 1.165) is 23.3 Å². The van der Waals surface area contributed by atoms with Gasteiger partial charge < -0.3 is 18.9 Å². The molecular weight excluding hydrogens is 485 g/mol. The molecular formula is C29H31F3O5. The Kier molecular flexibility index (Phi) is 9.44. The Bertz CT molecular complexity index is 1210. The monoisotopic (exact) mass is 516 g/mol. The standard InChI is InChI=1S/C29H31F3O5/c1-19-17-23(12-9-21(19)10-14-28(33)35-4)36-16-15-20(2)37-27-13-11-22(29(30,31)32)18-25(27)24-7-5-6-8-26(24)34-3/h5-9,11-13,17-18,20H,10,14-16H2,1-4H3/t20-/m0/s1. The Labute approximate surface area is 215 Å². The molecule has 37 heavy (non-hydrogen) atoms. The molecule has 0 saturated heterocycles. The summed E-state index contributed by atoms with van der Waals surface area (Å²) in [4.78, 5) is 11.4. The fraction of sp³-hybridized carbons (Fsp3) is 0.345. The van der Waals surface area contributed by atoms with Gasteiger partial charge in [-0.05, 0) is 67.8 Å². The molecule has 0 saturated carbocycles. The molecule has 8 heteroatoms. The van der Waals surface area contributed by atoms with Crippen molar-refractivity contribution in [1.29, 1.82) is 0 Å². The first-order chi connectivity index (χ1) is 17.6. The number of methoxy groups -OCH3 is 2. The normalized spacial score (nSPS) is 12.1. The van der Waals surface area contributed by atoms with Crippen LogP contribution in [0.2, 0.25) is 0 Å². The number of carbonyl (C=O) groups is 1. The molecule has 3 aromatic rings. The number of alkyl halides is 3. The lowest BCUT2D eigenvalue weighted by molar-refractivity contribution is -0.140. The Morgan fingerprint density at radius 1 is 0.946 bits per heavy atom. The van der Waals surface area contributed by atoms with E-state index in [-0.39, 0.29) is 12.1 Å². The van der Waals surface area contributed by atoms with Crippen molar-refractivity contribution in [2.24, 2.45) is 0 Å². The van der Waals surface area contributed by atoms with Crippen LogP contribution in [0, 0.1) is 6.92 Å². The van der Waals surface area contributed by atoms with Gasteiger partial charge in [0.2, 0.25) is 0 Å². The van der Waals surface area contributed by atoms with E-state index in [1.807, 2.05) is 32.0 Å². The molecule has 0 aliphatic rings. The van der Waals surface area contributed by atoms with E-state index in [0.29, 0.717) is 54.2 Å². The molecule has 0 aliphatic carbocycles. The fourth-order valence-electron chi connectivity index (χ4n) is 3.88. The van der Waals surface area contributed by atoms with Crippen LogP contribution in [0.5, 0.6) is 17.2 Å². The maximum atomic E-state index is 13.4. The number of ether oxygens (including phenoxy) is 4. The second-order valence-corrected chi connectivity index (χ2v) is 8.64. The van der Waals surface area contributed by atoms with Crippen LogP contribution in [0.15, 0.2) is 60.7 Å². The second kappa shape index (κ2) is 12.5. The maximum Gasteiger partial charge on any atom is 0.416 e. The van der Waals surface area contributed by atoms with Crippen molar-refractivity contribution in [1.82, 2.24) is 0 Å². The molecule has 1 atom stereocenters. The minimum absolute atomic E-state index is 0.254. The van der Waals surface area contributed by atoms with Crippen LogP contribution in [-0.4, -0.2) is 32.9 Å². The Balaban J connectivity index is 1.67. The topological polar surface area (TPSA) is 54.0 Å². The summed E-state index contributed by atoms with van der Waals surface area (Å²) in [5.74, 6) is 1.22. The zero-order valence-electron chi connectivity index (χ0n) is 21.4. The van der Waals surface area contributed by atoms with Gasteiger partial charge in [-0.15, -0.1) is 0 Å². The number of carbonyl (C=O) groups excluding carboxylic acids is 1. The highest BCUT2D eigenvalue weighted by Gasteiger charge is 2.31. The van der Waals surface area contributed by atoms with Crippen LogP contribution < -0.4 is 14.2 Å². The van der Waals surface area contributed by atoms with Gasteiger partial charge in [-0.3, -0.25) is 4.79 Å². The van der Waals surface area contributed by atoms with E-state index in [1.165, 1.54) is 20.3 Å². The number of benzene rings is 3. The molecule has 0 unspecified atom stereocenters. The van der Waals surface area contributed by atoms with Crippen molar-refractivity contribution in [3.8, 4) is 28.4 Å². The first-order valence-corrected chi connectivity index (χ1v) is 11.9. The second-order valence-electron chi connectivity index (χ2n) is 8.64. The summed E-state index contributed by atoms with van der Waals surface area (Å²) >= 11 is 0. The number of rotatable bonds is 11. The Morgan fingerprint density at radius 3 is 2.38 bits per heavy atom. The minimum atomic E-state index is -4.48. The van der Waals surface area contributed by atoms with Crippen LogP contribution in [0.3, 0.4) is 0 Å². The zero-order chi connectivity index (χ0) is 27.0. The Morgan fingerprint density at radius 2 is 1.70 bits per heavy atom. The molecule has 0 radical (unpaired) electrons. The molecule has 0 bridgehead atoms. The van der Waals surface area contributed by atoms with Gasteiger partial charge in [0.1, 0.15) is 17.2 Å². The van der Waals surface area contributed by atoms with E-state index in [4.69, 9.17) is 14.2 Å². The molecule has 198 valence electrons. The molecule has 0 heterocycles. The highest BCUT2D eigenvalue weighted by Crippen LogP contribution is 2.41. The lowest BCUT2D eigenvalue weighted by Gasteiger charge is -2.20. The molecule has 0 fully saturated rings. The van der Waals surface area contributed by atoms with Gasteiger partial charge >= 0.3 is 12.1 Å². The SMILES string of the molecule is COC(=O)CCc1ccc(OCC[C@H](C)Oc2ccc(C(F)(F)F)cc2-c2ccccc2OC)cc1C. The van der Waals surface area contributed by atoms with Gasteiger partial charge in [-0.2, -0.15) is 13.2 Å². The number of esters is 1. The van der Waals surface area contributed by atoms with Gasteiger partial charge in [0.15, 0.2) is 0 Å². The first-order valence-electron chi connectivity index (χ1n) is 11.9. The molecule has 0 N–H and O–H groups in total. The lowest BCUT2D eigenvalue weighted by atomic mass is 10.0. The summed E-state index contributed by atoms with van der Waals surface area (Å²) < 4.78 is 62.3. The van der Waals surface area contributed by atoms with Crippen molar-refractivity contribution in [3.05, 3.63) is 77.4 Å². The Hall–Kier alpha value is -3.68. The highest BCUT2D eigenvalue weighted by molar-refractivity contribution is 5.76. The first kappa shape index (κ1) is 27.9. The van der Waals surface area contributed by atoms with Crippen LogP contribution in [0.1, 0.15) is 36.5 Å². The van der Waals surface area contributed by atoms with Gasteiger partial charge in [0.25, 0.3) is 0 Å². The summed E-state index contributed by atoms with van der Waals surface area (Å²) in [5.41, 5.74) is 2.11. The van der Waals surface area contributed by atoms with Crippen molar-refractivity contribution in [3.63, 3.8) is 0 Å². The number of aryl methyl sites for hydroxylation is 2. The van der Waals surface area contributed by atoms with Crippen LogP contribution in [0.25, 0.3) is 11.1 Å². The number of para-hydroxylation sites is 1. The van der Waals surface area contributed by atoms with E-state index < -0.39 is 11.7 Å². The van der Waals surface area contributed by atoms with Gasteiger partial charge in [-0.25, -0.2) is 0 Å². The summed E-state index contributed by atoms with van der Waals surface area (Å²) in [7, 11) is 2.84. The summed E-state index contributed by atoms with van der Waals surface area (Å²) in [5, 5.41) is 0. The molecule has 0 aromatic heterocycles. The maximum absolute atomic E-state index is 13.4. The molecule has 3 rings (SSSR count). The van der Waals surface area contributed by atoms with Crippen LogP contribution in [0.4, 0.5) is 13.2 Å². The lowest BCUT2D eigenvalue weighted by Crippen LogP contribution is -2.16. The molecule has 0 aliphatic heterocycles. The number of halogens is 3. The quantitative estimate of drug-likeness (QED) is 0.256. The largest absolute Gasteiger partial charge is 0.496 e. The number of hydrogen-bond acceptors (Lipinski definition) is 5. The summed E-state index contributed by atoms with van der Waals surface area (Å²) in [6.07, 6.45) is -3.40. The van der Waals surface area contributed by atoms with E-state index >= 15 is 0 Å². The van der Waals surface area contributed by atoms with Crippen molar-refractivity contribution < 1.29 is 36.9 Å². The van der Waals surface area contributed by atoms with Gasteiger partial charge in [0.05, 0.1) is 32.5 Å². The van der Waals surface area contributed by atoms with Crippen molar-refractivity contribution in [2.75, 3.05) is 20.8 Å². The van der Waals surface area contributed by atoms with Crippen LogP contribution >= 0.6 is 0 Å². The average molecular weight is 517 g/mol. The minimum Gasteiger partial charge on any atom is -0.496 e. The zero-order valence-corrected chi connectivity index (χ0v) is 21.4. The van der Waals surface area contributed by atoms with E-state index in [1.54, 1.807) is 24.3 Å². The van der Waals surface area contributed by atoms with Crippen LogP contribution in [-0.2, 0) is 22.1 Å². The van der Waals surface area contributed by atoms with Crippen molar-refractivity contribution >= 4 is 5.97 Å². The van der Waals surface area contributed by atoms with Gasteiger partial charge in [0, 0.05) is 24.0 Å². The van der Waals surface area contributed by atoms with E-state index in [2.05, 4.69) is 4.74 Å². The number of hydrogen-bond donors (Lipinski definition) is 0. The van der Waals surface area contributed by atoms with Crippen molar-refractivity contribution in [2.45, 2.75) is 45.4 Å². The predicted molar refractivity (Wildman–Crippen MR) is 135 cm³/mol. The third-order valence-electron chi connectivity index (χ3n) is 5.97. The molecule has 3 aromatic carbocycles. The molecule has 0 amide bonds. The third kappa shape index (κ3) is 7.65. The molecule has 5 nitrogen and oxygen atoms in total. The highest BCUT2D eigenvalue weighted by atomic mass is 19.4. The predicted octanol–water partition coefficient (Wildman–Crippen LogP) is 7.03. The van der Waals surface area contributed by atoms with Gasteiger partial charge in [-0.1, -0.05) is 24.3 Å². The smallest absolute Gasteiger partial charge is 0.416 e. The van der Waals surface area contributed by atoms with E-state index in [9.17, 15) is 18.0 Å². The summed E-state index contributed by atoms with van der Waals surface area (Å²) in [6.45, 7) is 4.15. The third-order valence-corrected chi connectivity index (χ3v) is 5.97. The average Bonchev–Trinajstić information content (AvgIpc) is 2.87.